The molecule has 0 radical (unpaired) electrons. The maximum atomic E-state index is 14.4. The number of hydrogen-bond acceptors (Lipinski definition) is 7. The molecule has 0 saturated carbocycles. The Bertz CT molecular complexity index is 1530. The Kier molecular flexibility index (Phi) is 4.62. The van der Waals surface area contributed by atoms with Crippen LogP contribution >= 0.6 is 27.7 Å². The highest BCUT2D eigenvalue weighted by molar-refractivity contribution is 9.10. The van der Waals surface area contributed by atoms with Crippen molar-refractivity contribution in [2.24, 2.45) is 5.73 Å². The van der Waals surface area contributed by atoms with Gasteiger partial charge in [0, 0.05) is 28.0 Å². The van der Waals surface area contributed by atoms with Gasteiger partial charge in [-0.15, -0.1) is 0 Å². The third-order valence-corrected chi connectivity index (χ3v) is 7.87. The largest absolute Gasteiger partial charge is 0.421 e. The third kappa shape index (κ3) is 2.68. The van der Waals surface area contributed by atoms with E-state index in [1.807, 2.05) is 36.4 Å². The lowest BCUT2D eigenvalue weighted by atomic mass is 9.69. The van der Waals surface area contributed by atoms with Crippen molar-refractivity contribution in [2.75, 3.05) is 10.7 Å². The minimum atomic E-state index is -1.72. The van der Waals surface area contributed by atoms with E-state index in [1.54, 1.807) is 21.6 Å². The molecule has 0 bridgehead atoms. The van der Waals surface area contributed by atoms with Gasteiger partial charge < -0.3 is 15.4 Å². The molecule has 10 heteroatoms. The van der Waals surface area contributed by atoms with E-state index in [0.717, 1.165) is 10.0 Å². The number of rotatable bonds is 2. The summed E-state index contributed by atoms with van der Waals surface area (Å²) in [4.78, 5) is 34.3. The van der Waals surface area contributed by atoms with Crippen molar-refractivity contribution in [3.8, 4) is 11.9 Å². The summed E-state index contributed by atoms with van der Waals surface area (Å²) in [6, 6.07) is 16.9. The molecular formula is C24H16BrN5O3S. The van der Waals surface area contributed by atoms with Crippen LogP contribution in [0.5, 0.6) is 5.88 Å². The zero-order valence-electron chi connectivity index (χ0n) is 17.6. The third-order valence-electron chi connectivity index (χ3n) is 6.38. The van der Waals surface area contributed by atoms with Crippen molar-refractivity contribution in [3.63, 3.8) is 0 Å². The van der Waals surface area contributed by atoms with E-state index < -0.39 is 11.3 Å². The molecule has 1 atom stereocenters. The SMILES string of the molecule is N#CC1=C(N)Oc2nc3n(c(=O)c2C12C(=O)N(Cc1ccc(Br)cc1)c1ccccc12)CCS3. The fraction of sp³-hybridized carbons (Fsp3) is 0.167. The number of aromatic nitrogens is 2. The average molecular weight is 534 g/mol. The molecule has 8 nitrogen and oxygen atoms in total. The molecule has 34 heavy (non-hydrogen) atoms. The van der Waals surface area contributed by atoms with Gasteiger partial charge in [-0.3, -0.25) is 14.2 Å². The molecular weight excluding hydrogens is 518 g/mol. The lowest BCUT2D eigenvalue weighted by Gasteiger charge is -2.33. The van der Waals surface area contributed by atoms with Crippen molar-refractivity contribution >= 4 is 39.3 Å². The van der Waals surface area contributed by atoms with Crippen LogP contribution in [0.25, 0.3) is 0 Å². The maximum Gasteiger partial charge on any atom is 0.263 e. The summed E-state index contributed by atoms with van der Waals surface area (Å²) in [7, 11) is 0. The number of para-hydroxylation sites is 1. The molecule has 3 aliphatic heterocycles. The second kappa shape index (κ2) is 7.48. The van der Waals surface area contributed by atoms with Crippen molar-refractivity contribution in [1.29, 1.82) is 5.26 Å². The van der Waals surface area contributed by atoms with Crippen LogP contribution in [0.1, 0.15) is 16.7 Å². The molecule has 168 valence electrons. The molecule has 0 aliphatic carbocycles. The number of carbonyl (C=O) groups excluding carboxylic acids is 1. The van der Waals surface area contributed by atoms with Crippen LogP contribution in [0, 0.1) is 11.3 Å². The summed E-state index contributed by atoms with van der Waals surface area (Å²) in [5.74, 6) is 0.0249. The number of nitrogens with two attached hydrogens (primary N) is 1. The van der Waals surface area contributed by atoms with E-state index in [9.17, 15) is 14.9 Å². The number of amides is 1. The van der Waals surface area contributed by atoms with E-state index >= 15 is 0 Å². The normalized spacial score (nSPS) is 20.1. The minimum absolute atomic E-state index is 0.0178. The molecule has 2 aromatic carbocycles. The summed E-state index contributed by atoms with van der Waals surface area (Å²) < 4.78 is 8.14. The fourth-order valence-electron chi connectivity index (χ4n) is 4.92. The topological polar surface area (TPSA) is 114 Å². The van der Waals surface area contributed by atoms with Gasteiger partial charge in [0.05, 0.1) is 6.54 Å². The monoisotopic (exact) mass is 533 g/mol. The van der Waals surface area contributed by atoms with Gasteiger partial charge >= 0.3 is 0 Å². The number of carbonyl (C=O) groups is 1. The molecule has 1 aromatic heterocycles. The number of nitrogens with zero attached hydrogens (tertiary/aromatic N) is 4. The molecule has 3 aliphatic rings. The predicted octanol–water partition coefficient (Wildman–Crippen LogP) is 3.03. The van der Waals surface area contributed by atoms with Gasteiger partial charge in [0.2, 0.25) is 17.7 Å². The number of halogens is 1. The molecule has 1 amide bonds. The van der Waals surface area contributed by atoms with Gasteiger partial charge in [0.1, 0.15) is 17.2 Å². The predicted molar refractivity (Wildman–Crippen MR) is 129 cm³/mol. The Hall–Kier alpha value is -3.55. The lowest BCUT2D eigenvalue weighted by molar-refractivity contribution is -0.121. The van der Waals surface area contributed by atoms with Crippen molar-refractivity contribution in [2.45, 2.75) is 23.7 Å². The van der Waals surface area contributed by atoms with Gasteiger partial charge in [-0.1, -0.05) is 58.0 Å². The molecule has 3 aromatic rings. The minimum Gasteiger partial charge on any atom is -0.421 e. The Morgan fingerprint density at radius 3 is 2.74 bits per heavy atom. The second-order valence-corrected chi connectivity index (χ2v) is 10.1. The fourth-order valence-corrected chi connectivity index (χ4v) is 6.11. The van der Waals surface area contributed by atoms with Crippen molar-refractivity contribution in [3.05, 3.63) is 91.5 Å². The first kappa shape index (κ1) is 21.0. The van der Waals surface area contributed by atoms with Crippen LogP contribution in [0.4, 0.5) is 5.69 Å². The molecule has 6 rings (SSSR count). The summed E-state index contributed by atoms with van der Waals surface area (Å²) in [6.45, 7) is 0.726. The molecule has 0 fully saturated rings. The van der Waals surface area contributed by atoms with Crippen LogP contribution in [0.2, 0.25) is 0 Å². The number of benzene rings is 2. The first-order valence-electron chi connectivity index (χ1n) is 10.5. The van der Waals surface area contributed by atoms with Gasteiger partial charge in [-0.25, -0.2) is 0 Å². The summed E-state index contributed by atoms with van der Waals surface area (Å²) in [5.41, 5.74) is 6.05. The quantitative estimate of drug-likeness (QED) is 0.503. The van der Waals surface area contributed by atoms with E-state index in [-0.39, 0.29) is 35.0 Å². The summed E-state index contributed by atoms with van der Waals surface area (Å²) in [5, 5.41) is 10.7. The van der Waals surface area contributed by atoms with Crippen LogP contribution in [0.15, 0.2) is 74.4 Å². The first-order chi connectivity index (χ1) is 16.5. The number of fused-ring (bicyclic) bond motifs is 5. The van der Waals surface area contributed by atoms with Crippen LogP contribution in [-0.2, 0) is 23.3 Å². The molecule has 1 unspecified atom stereocenters. The summed E-state index contributed by atoms with van der Waals surface area (Å²) >= 11 is 4.87. The number of nitriles is 1. The Balaban J connectivity index is 1.65. The molecule has 4 heterocycles. The highest BCUT2D eigenvalue weighted by Gasteiger charge is 2.61. The first-order valence-corrected chi connectivity index (χ1v) is 12.3. The molecule has 2 N–H and O–H groups in total. The number of anilines is 1. The number of ether oxygens (including phenoxy) is 1. The van der Waals surface area contributed by atoms with Gasteiger partial charge in [-0.05, 0) is 23.8 Å². The van der Waals surface area contributed by atoms with E-state index in [1.165, 1.54) is 11.8 Å². The number of hydrogen-bond donors (Lipinski definition) is 1. The lowest BCUT2D eigenvalue weighted by Crippen LogP contribution is -2.50. The molecule has 1 spiro atoms. The highest BCUT2D eigenvalue weighted by Crippen LogP contribution is 2.54. The van der Waals surface area contributed by atoms with Crippen molar-refractivity contribution in [1.82, 2.24) is 9.55 Å². The zero-order chi connectivity index (χ0) is 23.6. The van der Waals surface area contributed by atoms with Gasteiger partial charge in [0.25, 0.3) is 5.56 Å². The van der Waals surface area contributed by atoms with E-state index in [0.29, 0.717) is 28.7 Å². The van der Waals surface area contributed by atoms with Crippen LogP contribution in [0.3, 0.4) is 0 Å². The van der Waals surface area contributed by atoms with Crippen LogP contribution in [-0.4, -0.2) is 21.2 Å². The Labute approximate surface area is 206 Å². The van der Waals surface area contributed by atoms with Gasteiger partial charge in [0.15, 0.2) is 10.6 Å². The van der Waals surface area contributed by atoms with Crippen molar-refractivity contribution < 1.29 is 9.53 Å². The maximum absolute atomic E-state index is 14.4. The van der Waals surface area contributed by atoms with Crippen LogP contribution < -0.4 is 20.9 Å². The summed E-state index contributed by atoms with van der Waals surface area (Å²) in [6.07, 6.45) is 0. The second-order valence-electron chi connectivity index (χ2n) is 8.12. The Morgan fingerprint density at radius 1 is 1.21 bits per heavy atom. The zero-order valence-corrected chi connectivity index (χ0v) is 20.0. The standard InChI is InChI=1S/C24H16BrN5O3S/c25-14-7-5-13(6-8-14)12-30-17-4-2-1-3-15(17)24(22(30)32)16(11-26)19(27)33-20-18(24)21(31)29-9-10-34-23(29)28-20/h1-8H,9-10,12,27H2. The smallest absolute Gasteiger partial charge is 0.263 e. The highest BCUT2D eigenvalue weighted by atomic mass is 79.9. The number of thioether (sulfide) groups is 1. The van der Waals surface area contributed by atoms with E-state index in [2.05, 4.69) is 27.0 Å². The Morgan fingerprint density at radius 2 is 1.97 bits per heavy atom. The molecule has 0 saturated heterocycles. The van der Waals surface area contributed by atoms with Gasteiger partial charge in [-0.2, -0.15) is 10.2 Å². The average Bonchev–Trinajstić information content (AvgIpc) is 3.39. The van der Waals surface area contributed by atoms with E-state index in [4.69, 9.17) is 10.5 Å².